The zero-order valence-corrected chi connectivity index (χ0v) is 8.37. The summed E-state index contributed by atoms with van der Waals surface area (Å²) >= 11 is 5.53. The molecule has 3 heteroatoms. The third kappa shape index (κ3) is 3.56. The van der Waals surface area contributed by atoms with Crippen LogP contribution in [0.15, 0.2) is 35.3 Å². The van der Waals surface area contributed by atoms with E-state index in [4.69, 9.17) is 11.6 Å². The number of hydrogen-bond donors (Lipinski definition) is 0. The second-order valence-electron chi connectivity index (χ2n) is 2.68. The SMILES string of the molecule is O=C=Nc1cccc(C=CCCCl)c1. The molecular formula is C11H10ClNO. The number of hydrogen-bond acceptors (Lipinski definition) is 2. The second-order valence-corrected chi connectivity index (χ2v) is 3.06. The molecule has 0 spiro atoms. The highest BCUT2D eigenvalue weighted by Gasteiger charge is 1.89. The smallest absolute Gasteiger partial charge is 0.211 e. The van der Waals surface area contributed by atoms with E-state index in [1.54, 1.807) is 6.07 Å². The van der Waals surface area contributed by atoms with Crippen LogP contribution in [-0.2, 0) is 4.79 Å². The Morgan fingerprint density at radius 3 is 3.07 bits per heavy atom. The van der Waals surface area contributed by atoms with Gasteiger partial charge in [0.25, 0.3) is 0 Å². The van der Waals surface area contributed by atoms with Crippen LogP contribution >= 0.6 is 11.6 Å². The largest absolute Gasteiger partial charge is 0.240 e. The van der Waals surface area contributed by atoms with E-state index >= 15 is 0 Å². The molecule has 0 N–H and O–H groups in total. The fourth-order valence-electron chi connectivity index (χ4n) is 1.03. The third-order valence-corrected chi connectivity index (χ3v) is 1.85. The van der Waals surface area contributed by atoms with E-state index in [-0.39, 0.29) is 0 Å². The van der Waals surface area contributed by atoms with Gasteiger partial charge >= 0.3 is 0 Å². The number of nitrogens with zero attached hydrogens (tertiary/aromatic N) is 1. The van der Waals surface area contributed by atoms with E-state index in [0.717, 1.165) is 12.0 Å². The third-order valence-electron chi connectivity index (χ3n) is 1.63. The molecule has 0 aliphatic rings. The molecular weight excluding hydrogens is 198 g/mol. The van der Waals surface area contributed by atoms with Crippen LogP contribution in [0.25, 0.3) is 6.08 Å². The molecule has 0 atom stereocenters. The summed E-state index contributed by atoms with van der Waals surface area (Å²) < 4.78 is 0. The second kappa shape index (κ2) is 6.14. The molecule has 0 heterocycles. The molecule has 2 nitrogen and oxygen atoms in total. The number of alkyl halides is 1. The van der Waals surface area contributed by atoms with E-state index < -0.39 is 0 Å². The van der Waals surface area contributed by atoms with Crippen LogP contribution in [0.1, 0.15) is 12.0 Å². The molecule has 0 radical (unpaired) electrons. The molecule has 0 aliphatic carbocycles. The summed E-state index contributed by atoms with van der Waals surface area (Å²) in [7, 11) is 0. The lowest BCUT2D eigenvalue weighted by Crippen LogP contribution is -1.72. The molecule has 0 aliphatic heterocycles. The number of aliphatic imine (C=N–C) groups is 1. The van der Waals surface area contributed by atoms with Crippen LogP contribution in [0.2, 0.25) is 0 Å². The number of isocyanates is 1. The molecule has 14 heavy (non-hydrogen) atoms. The first-order valence-electron chi connectivity index (χ1n) is 4.27. The van der Waals surface area contributed by atoms with Crippen molar-refractivity contribution in [3.63, 3.8) is 0 Å². The Labute approximate surface area is 87.9 Å². The number of benzene rings is 1. The van der Waals surface area contributed by atoms with Crippen molar-refractivity contribution >= 4 is 29.4 Å². The van der Waals surface area contributed by atoms with Crippen molar-refractivity contribution in [1.29, 1.82) is 0 Å². The van der Waals surface area contributed by atoms with Crippen LogP contribution in [0, 0.1) is 0 Å². The van der Waals surface area contributed by atoms with Gasteiger partial charge in [0.05, 0.1) is 5.69 Å². The highest BCUT2D eigenvalue weighted by molar-refractivity contribution is 6.17. The van der Waals surface area contributed by atoms with E-state index in [1.165, 1.54) is 6.08 Å². The predicted octanol–water partition coefficient (Wildman–Crippen LogP) is 3.30. The Morgan fingerprint density at radius 1 is 1.50 bits per heavy atom. The summed E-state index contributed by atoms with van der Waals surface area (Å²) in [5.41, 5.74) is 1.62. The highest BCUT2D eigenvalue weighted by atomic mass is 35.5. The molecule has 0 saturated heterocycles. The van der Waals surface area contributed by atoms with E-state index in [2.05, 4.69) is 4.99 Å². The number of carbonyl (C=O) groups excluding carboxylic acids is 1. The molecule has 0 amide bonds. The van der Waals surface area contributed by atoms with Gasteiger partial charge in [-0.3, -0.25) is 0 Å². The van der Waals surface area contributed by atoms with E-state index in [9.17, 15) is 4.79 Å². The number of allylic oxidation sites excluding steroid dienone is 1. The first-order chi connectivity index (χ1) is 6.86. The molecule has 0 bridgehead atoms. The molecule has 1 aromatic rings. The van der Waals surface area contributed by atoms with Gasteiger partial charge in [0.2, 0.25) is 6.08 Å². The van der Waals surface area contributed by atoms with Crippen LogP contribution < -0.4 is 0 Å². The summed E-state index contributed by atoms with van der Waals surface area (Å²) in [5.74, 6) is 0.614. The molecule has 0 unspecified atom stereocenters. The Balaban J connectivity index is 2.77. The Kier molecular flexibility index (Phi) is 4.70. The molecule has 1 rings (SSSR count). The summed E-state index contributed by atoms with van der Waals surface area (Å²) in [4.78, 5) is 13.5. The van der Waals surface area contributed by atoms with Crippen LogP contribution in [0.3, 0.4) is 0 Å². The van der Waals surface area contributed by atoms with Crippen molar-refractivity contribution in [1.82, 2.24) is 0 Å². The Bertz CT molecular complexity index is 367. The monoisotopic (exact) mass is 207 g/mol. The summed E-state index contributed by atoms with van der Waals surface area (Å²) in [6.45, 7) is 0. The van der Waals surface area contributed by atoms with Gasteiger partial charge in [-0.05, 0) is 24.1 Å². The first-order valence-corrected chi connectivity index (χ1v) is 4.80. The van der Waals surface area contributed by atoms with Gasteiger partial charge in [-0.25, -0.2) is 4.79 Å². The van der Waals surface area contributed by atoms with Crippen LogP contribution in [0.4, 0.5) is 5.69 Å². The quantitative estimate of drug-likeness (QED) is 0.423. The minimum atomic E-state index is 0.614. The Morgan fingerprint density at radius 2 is 2.36 bits per heavy atom. The van der Waals surface area contributed by atoms with Crippen LogP contribution in [0.5, 0.6) is 0 Å². The van der Waals surface area contributed by atoms with Gasteiger partial charge in [0, 0.05) is 5.88 Å². The summed E-state index contributed by atoms with van der Waals surface area (Å²) in [6.07, 6.45) is 6.28. The molecule has 1 aromatic carbocycles. The average Bonchev–Trinajstić information content (AvgIpc) is 2.19. The standard InChI is InChI=1S/C11H10ClNO/c12-7-2-1-4-10-5-3-6-11(8-10)13-9-14/h1,3-6,8H,2,7H2. The fraction of sp³-hybridized carbons (Fsp3) is 0.182. The van der Waals surface area contributed by atoms with Crippen molar-refractivity contribution in [2.24, 2.45) is 4.99 Å². The zero-order valence-electron chi connectivity index (χ0n) is 7.61. The van der Waals surface area contributed by atoms with Gasteiger partial charge in [-0.2, -0.15) is 4.99 Å². The maximum atomic E-state index is 10.0. The van der Waals surface area contributed by atoms with Gasteiger partial charge in [-0.15, -0.1) is 11.6 Å². The Hall–Kier alpha value is -1.37. The molecule has 0 saturated carbocycles. The van der Waals surface area contributed by atoms with E-state index in [0.29, 0.717) is 11.6 Å². The molecule has 0 fully saturated rings. The summed E-state index contributed by atoms with van der Waals surface area (Å²) in [5, 5.41) is 0. The highest BCUT2D eigenvalue weighted by Crippen LogP contribution is 2.14. The number of rotatable bonds is 4. The first kappa shape index (κ1) is 10.7. The van der Waals surface area contributed by atoms with Gasteiger partial charge in [0.1, 0.15) is 0 Å². The van der Waals surface area contributed by atoms with E-state index in [1.807, 2.05) is 30.4 Å². The zero-order chi connectivity index (χ0) is 10.2. The van der Waals surface area contributed by atoms with Gasteiger partial charge in [0.15, 0.2) is 0 Å². The topological polar surface area (TPSA) is 29.4 Å². The van der Waals surface area contributed by atoms with Crippen molar-refractivity contribution in [2.45, 2.75) is 6.42 Å². The maximum absolute atomic E-state index is 10.0. The average molecular weight is 208 g/mol. The lowest BCUT2D eigenvalue weighted by molar-refractivity contribution is 0.565. The van der Waals surface area contributed by atoms with Crippen molar-refractivity contribution in [3.05, 3.63) is 35.9 Å². The van der Waals surface area contributed by atoms with Crippen molar-refractivity contribution in [2.75, 3.05) is 5.88 Å². The van der Waals surface area contributed by atoms with Crippen molar-refractivity contribution < 1.29 is 4.79 Å². The van der Waals surface area contributed by atoms with Crippen LogP contribution in [-0.4, -0.2) is 12.0 Å². The maximum Gasteiger partial charge on any atom is 0.240 e. The lowest BCUT2D eigenvalue weighted by Gasteiger charge is -1.94. The summed E-state index contributed by atoms with van der Waals surface area (Å²) in [6, 6.07) is 7.35. The lowest BCUT2D eigenvalue weighted by atomic mass is 10.2. The minimum absolute atomic E-state index is 0.614. The van der Waals surface area contributed by atoms with Gasteiger partial charge in [-0.1, -0.05) is 24.3 Å². The normalized spacial score (nSPS) is 10.1. The number of halogens is 1. The van der Waals surface area contributed by atoms with Gasteiger partial charge < -0.3 is 0 Å². The molecule has 0 aromatic heterocycles. The minimum Gasteiger partial charge on any atom is -0.211 e. The van der Waals surface area contributed by atoms with Crippen molar-refractivity contribution in [3.8, 4) is 0 Å². The predicted molar refractivity (Wildman–Crippen MR) is 58.6 cm³/mol. The fourth-order valence-corrected chi connectivity index (χ4v) is 1.16. The molecule has 72 valence electrons.